The van der Waals surface area contributed by atoms with Gasteiger partial charge in [0.15, 0.2) is 0 Å². The molecule has 4 rings (SSSR count). The van der Waals surface area contributed by atoms with Crippen LogP contribution >= 0.6 is 0 Å². The van der Waals surface area contributed by atoms with Crippen molar-refractivity contribution in [1.29, 1.82) is 0 Å². The summed E-state index contributed by atoms with van der Waals surface area (Å²) in [6.07, 6.45) is 3.66. The van der Waals surface area contributed by atoms with Crippen molar-refractivity contribution in [3.63, 3.8) is 0 Å². The molecule has 1 aliphatic heterocycles. The molecule has 0 bridgehead atoms. The number of aromatic amines is 1. The van der Waals surface area contributed by atoms with Crippen LogP contribution in [0, 0.1) is 11.8 Å². The van der Waals surface area contributed by atoms with Crippen molar-refractivity contribution in [2.24, 2.45) is 11.8 Å². The number of aromatic nitrogens is 2. The van der Waals surface area contributed by atoms with Crippen LogP contribution in [0.15, 0.2) is 53.3 Å². The fourth-order valence-corrected chi connectivity index (χ4v) is 4.60. The van der Waals surface area contributed by atoms with Crippen LogP contribution < -0.4 is 10.9 Å². The van der Waals surface area contributed by atoms with Gasteiger partial charge in [0.25, 0.3) is 5.56 Å². The molecule has 2 aromatic carbocycles. The zero-order chi connectivity index (χ0) is 21.8. The number of rotatable bonds is 6. The zero-order valence-electron chi connectivity index (χ0n) is 18.2. The number of piperidine rings is 1. The van der Waals surface area contributed by atoms with Crippen molar-refractivity contribution >= 4 is 22.4 Å². The number of likely N-dealkylation sites (tertiary alicyclic amines) is 1. The number of nitrogens with zero attached hydrogens (tertiary/aromatic N) is 2. The van der Waals surface area contributed by atoms with Gasteiger partial charge in [0, 0.05) is 17.6 Å². The van der Waals surface area contributed by atoms with Crippen LogP contribution in [0.1, 0.15) is 31.0 Å². The topological polar surface area (TPSA) is 78.1 Å². The summed E-state index contributed by atoms with van der Waals surface area (Å²) in [5.74, 6) is 1.38. The van der Waals surface area contributed by atoms with E-state index in [1.807, 2.05) is 24.3 Å². The number of benzene rings is 2. The summed E-state index contributed by atoms with van der Waals surface area (Å²) in [7, 11) is 2.20. The predicted octanol–water partition coefficient (Wildman–Crippen LogP) is 3.62. The van der Waals surface area contributed by atoms with Crippen molar-refractivity contribution in [3.05, 3.63) is 70.1 Å². The maximum absolute atomic E-state index is 12.5. The Morgan fingerprint density at radius 1 is 1.16 bits per heavy atom. The van der Waals surface area contributed by atoms with Crippen molar-refractivity contribution < 1.29 is 4.79 Å². The zero-order valence-corrected chi connectivity index (χ0v) is 18.2. The van der Waals surface area contributed by atoms with Crippen LogP contribution in [-0.4, -0.2) is 41.1 Å². The van der Waals surface area contributed by atoms with E-state index in [4.69, 9.17) is 0 Å². The van der Waals surface area contributed by atoms with E-state index in [1.54, 1.807) is 12.1 Å². The first-order chi connectivity index (χ1) is 15.0. The predicted molar refractivity (Wildman–Crippen MR) is 124 cm³/mol. The summed E-state index contributed by atoms with van der Waals surface area (Å²) in [6.45, 7) is 4.74. The van der Waals surface area contributed by atoms with E-state index in [-0.39, 0.29) is 17.9 Å². The van der Waals surface area contributed by atoms with Gasteiger partial charge in [-0.05, 0) is 68.5 Å². The van der Waals surface area contributed by atoms with Crippen molar-refractivity contribution in [3.8, 4) is 0 Å². The number of carbonyl (C=O) groups excluding carboxylic acids is 1. The average Bonchev–Trinajstić information content (AvgIpc) is 2.76. The second-order valence-electron chi connectivity index (χ2n) is 8.79. The number of H-pyrrole nitrogens is 1. The number of hydrogen-bond donors (Lipinski definition) is 2. The summed E-state index contributed by atoms with van der Waals surface area (Å²) < 4.78 is 0. The van der Waals surface area contributed by atoms with Crippen molar-refractivity contribution in [1.82, 2.24) is 15.1 Å². The van der Waals surface area contributed by atoms with Gasteiger partial charge in [-0.2, -0.15) is 5.10 Å². The van der Waals surface area contributed by atoms with Crippen molar-refractivity contribution in [2.75, 3.05) is 25.5 Å². The van der Waals surface area contributed by atoms with E-state index in [0.717, 1.165) is 23.9 Å². The van der Waals surface area contributed by atoms with Gasteiger partial charge >= 0.3 is 0 Å². The lowest BCUT2D eigenvalue weighted by Crippen LogP contribution is -2.36. The quantitative estimate of drug-likeness (QED) is 0.641. The van der Waals surface area contributed by atoms with Crippen LogP contribution in [0.5, 0.6) is 0 Å². The highest BCUT2D eigenvalue weighted by molar-refractivity contribution is 5.95. The lowest BCUT2D eigenvalue weighted by atomic mass is 9.83. The van der Waals surface area contributed by atoms with E-state index < -0.39 is 0 Å². The highest BCUT2D eigenvalue weighted by Crippen LogP contribution is 2.27. The van der Waals surface area contributed by atoms with E-state index in [9.17, 15) is 9.59 Å². The third kappa shape index (κ3) is 5.20. The number of carbonyl (C=O) groups is 1. The molecule has 2 unspecified atom stereocenters. The fraction of sp³-hybridized carbons (Fsp3) is 0.400. The summed E-state index contributed by atoms with van der Waals surface area (Å²) in [4.78, 5) is 26.9. The molecular weight excluding hydrogens is 388 g/mol. The lowest BCUT2D eigenvalue weighted by Gasteiger charge is -2.34. The minimum atomic E-state index is -0.245. The van der Waals surface area contributed by atoms with Crippen LogP contribution in [0.4, 0.5) is 5.69 Å². The molecule has 1 fully saturated rings. The second-order valence-corrected chi connectivity index (χ2v) is 8.79. The molecule has 2 atom stereocenters. The number of hydrogen-bond acceptors (Lipinski definition) is 4. The summed E-state index contributed by atoms with van der Waals surface area (Å²) in [5, 5.41) is 10.7. The molecule has 162 valence electrons. The van der Waals surface area contributed by atoms with Gasteiger partial charge < -0.3 is 10.2 Å². The Morgan fingerprint density at radius 2 is 1.90 bits per heavy atom. The number of nitrogens with one attached hydrogen (secondary N) is 2. The van der Waals surface area contributed by atoms with Crippen molar-refractivity contribution in [2.45, 2.75) is 32.6 Å². The highest BCUT2D eigenvalue weighted by Gasteiger charge is 2.23. The molecule has 0 aliphatic carbocycles. The normalized spacial score (nSPS) is 19.4. The van der Waals surface area contributed by atoms with Gasteiger partial charge in [-0.25, -0.2) is 5.10 Å². The van der Waals surface area contributed by atoms with Gasteiger partial charge in [0.05, 0.1) is 17.5 Å². The third-order valence-electron chi connectivity index (χ3n) is 6.43. The Kier molecular flexibility index (Phi) is 6.47. The van der Waals surface area contributed by atoms with Gasteiger partial charge in [-0.3, -0.25) is 9.59 Å². The molecule has 2 N–H and O–H groups in total. The molecule has 2 heterocycles. The fourth-order valence-electron chi connectivity index (χ4n) is 4.60. The molecule has 1 amide bonds. The number of fused-ring (bicyclic) bond motifs is 1. The summed E-state index contributed by atoms with van der Waals surface area (Å²) in [6, 6.07) is 15.3. The minimum absolute atomic E-state index is 0.104. The smallest absolute Gasteiger partial charge is 0.272 e. The van der Waals surface area contributed by atoms with Gasteiger partial charge in [-0.15, -0.1) is 0 Å². The molecule has 31 heavy (non-hydrogen) atoms. The van der Waals surface area contributed by atoms with E-state index in [0.29, 0.717) is 16.5 Å². The SMILES string of the molecule is CC1CN(C)CCC1CCc1ccc(NC(=O)Cc2n[nH]c(=O)c3ccccc23)cc1. The first kappa shape index (κ1) is 21.2. The van der Waals surface area contributed by atoms with Crippen LogP contribution in [0.25, 0.3) is 10.8 Å². The molecule has 6 nitrogen and oxygen atoms in total. The Labute approximate surface area is 182 Å². The highest BCUT2D eigenvalue weighted by atomic mass is 16.1. The Balaban J connectivity index is 1.33. The van der Waals surface area contributed by atoms with E-state index in [1.165, 1.54) is 31.5 Å². The minimum Gasteiger partial charge on any atom is -0.326 e. The van der Waals surface area contributed by atoms with Gasteiger partial charge in [0.2, 0.25) is 5.91 Å². The van der Waals surface area contributed by atoms with Gasteiger partial charge in [0.1, 0.15) is 0 Å². The Hall–Kier alpha value is -2.99. The summed E-state index contributed by atoms with van der Waals surface area (Å²) in [5.41, 5.74) is 2.40. The van der Waals surface area contributed by atoms with Crippen LogP contribution in [-0.2, 0) is 17.6 Å². The third-order valence-corrected chi connectivity index (χ3v) is 6.43. The number of amides is 1. The second kappa shape index (κ2) is 9.43. The Morgan fingerprint density at radius 3 is 2.65 bits per heavy atom. The maximum Gasteiger partial charge on any atom is 0.272 e. The van der Waals surface area contributed by atoms with Gasteiger partial charge in [-0.1, -0.05) is 37.3 Å². The average molecular weight is 419 g/mol. The first-order valence-corrected chi connectivity index (χ1v) is 11.0. The molecular formula is C25H30N4O2. The molecule has 6 heteroatoms. The lowest BCUT2D eigenvalue weighted by molar-refractivity contribution is -0.115. The molecule has 0 radical (unpaired) electrons. The number of anilines is 1. The monoisotopic (exact) mass is 418 g/mol. The Bertz CT molecular complexity index is 1110. The van der Waals surface area contributed by atoms with Crippen LogP contribution in [0.2, 0.25) is 0 Å². The molecule has 1 aromatic heterocycles. The molecule has 1 aliphatic rings. The molecule has 0 saturated carbocycles. The molecule has 0 spiro atoms. The summed E-state index contributed by atoms with van der Waals surface area (Å²) >= 11 is 0. The first-order valence-electron chi connectivity index (χ1n) is 11.0. The molecule has 3 aromatic rings. The van der Waals surface area contributed by atoms with Crippen LogP contribution in [0.3, 0.4) is 0 Å². The number of aryl methyl sites for hydroxylation is 1. The van der Waals surface area contributed by atoms with E-state index >= 15 is 0 Å². The standard InChI is InChI=1S/C25H30N4O2/c1-17-16-29(2)14-13-19(17)10-7-18-8-11-20(12-9-18)26-24(30)15-23-21-5-3-4-6-22(21)25(31)28-27-23/h3-6,8-9,11-12,17,19H,7,10,13-16H2,1-2H3,(H,26,30)(H,28,31). The van der Waals surface area contributed by atoms with E-state index in [2.05, 4.69) is 46.5 Å². The molecule has 1 saturated heterocycles. The maximum atomic E-state index is 12.5. The largest absolute Gasteiger partial charge is 0.326 e.